The highest BCUT2D eigenvalue weighted by molar-refractivity contribution is 4.80. The summed E-state index contributed by atoms with van der Waals surface area (Å²) in [6.45, 7) is 54.8. The Bertz CT molecular complexity index is 1340. The third kappa shape index (κ3) is 72.7. The molecule has 0 aromatic carbocycles. The van der Waals surface area contributed by atoms with Crippen LogP contribution >= 0.6 is 0 Å². The second-order valence-corrected chi connectivity index (χ2v) is 25.2. The molecule has 0 rings (SSSR count). The van der Waals surface area contributed by atoms with Crippen LogP contribution in [0.5, 0.6) is 0 Å². The monoisotopic (exact) mass is 1450 g/mol. The fraction of sp³-hybridized carbons (Fsp3) is 1.00. The Balaban J connectivity index is -0.000000835. The molecule has 0 aromatic heterocycles. The second kappa shape index (κ2) is 87.0. The van der Waals surface area contributed by atoms with Gasteiger partial charge in [-0.05, 0) is 103 Å². The van der Waals surface area contributed by atoms with Crippen molar-refractivity contribution in [2.24, 2.45) is 5.41 Å². The van der Waals surface area contributed by atoms with Crippen LogP contribution in [0.15, 0.2) is 0 Å². The summed E-state index contributed by atoms with van der Waals surface area (Å²) in [5, 5.41) is 0. The van der Waals surface area contributed by atoms with E-state index in [0.29, 0.717) is 185 Å². The van der Waals surface area contributed by atoms with Crippen molar-refractivity contribution in [1.29, 1.82) is 0 Å². The minimum absolute atomic E-state index is 0. The van der Waals surface area contributed by atoms with Crippen LogP contribution < -0.4 is 0 Å². The molecular formula is C78H164O22. The lowest BCUT2D eigenvalue weighted by Gasteiger charge is -2.33. The van der Waals surface area contributed by atoms with Crippen molar-refractivity contribution in [3.8, 4) is 0 Å². The molecule has 0 N–H and O–H groups in total. The fourth-order valence-corrected chi connectivity index (χ4v) is 8.83. The van der Waals surface area contributed by atoms with Crippen LogP contribution in [0, 0.1) is 5.41 Å². The maximum atomic E-state index is 6.15. The van der Waals surface area contributed by atoms with Crippen LogP contribution in [-0.2, 0) is 104 Å². The summed E-state index contributed by atoms with van der Waals surface area (Å²) >= 11 is 0. The Morgan fingerprint density at radius 3 is 0.380 bits per heavy atom. The summed E-state index contributed by atoms with van der Waals surface area (Å²) in [6.07, 6.45) is 14.5. The van der Waals surface area contributed by atoms with Gasteiger partial charge in [-0.25, -0.2) is 0 Å². The van der Waals surface area contributed by atoms with Gasteiger partial charge in [-0.1, -0.05) is 118 Å². The third-order valence-electron chi connectivity index (χ3n) is 13.7. The molecule has 0 fully saturated rings. The average molecular weight is 1450 g/mol. The molecule has 0 saturated carbocycles. The van der Waals surface area contributed by atoms with Crippen LogP contribution in [0.25, 0.3) is 0 Å². The molecule has 0 bridgehead atoms. The van der Waals surface area contributed by atoms with Crippen molar-refractivity contribution in [2.75, 3.05) is 238 Å². The molecule has 22 nitrogen and oxygen atoms in total. The van der Waals surface area contributed by atoms with Gasteiger partial charge in [0.2, 0.25) is 0 Å². The zero-order chi connectivity index (χ0) is 73.4. The summed E-state index contributed by atoms with van der Waals surface area (Å²) in [5.41, 5.74) is -0.186. The molecule has 0 heterocycles. The predicted molar refractivity (Wildman–Crippen MR) is 403 cm³/mol. The SMILES string of the molecule is C.CCCOCC(COCC(COCC(COCC(COCC(COCC(COCCC)OCCC)OCCC)OCCC)OCCC)OCCC)OCCC.CCCOCC(COCC(COCCC)OCCC)OCCC.CCCOCC(COCCC)(COCCC)COCCC. The van der Waals surface area contributed by atoms with Crippen molar-refractivity contribution in [1.82, 2.24) is 0 Å². The molecule has 0 aliphatic heterocycles. The largest absolute Gasteiger partial charge is 0.381 e. The Hall–Kier alpha value is -0.880. The first-order valence-corrected chi connectivity index (χ1v) is 39.5. The number of hydrogen-bond acceptors (Lipinski definition) is 22. The van der Waals surface area contributed by atoms with Gasteiger partial charge in [0.1, 0.15) is 48.8 Å². The minimum atomic E-state index is -0.232. The van der Waals surface area contributed by atoms with Gasteiger partial charge in [-0.15, -0.1) is 0 Å². The van der Waals surface area contributed by atoms with E-state index in [4.69, 9.17) is 104 Å². The van der Waals surface area contributed by atoms with E-state index in [1.54, 1.807) is 0 Å². The molecular weight excluding hydrogens is 1290 g/mol. The number of rotatable bonds is 80. The average Bonchev–Trinajstić information content (AvgIpc) is 0.887. The lowest BCUT2D eigenvalue weighted by molar-refractivity contribution is -0.122. The molecule has 8 unspecified atom stereocenters. The molecule has 0 saturated heterocycles. The van der Waals surface area contributed by atoms with E-state index < -0.39 is 0 Å². The zero-order valence-corrected chi connectivity index (χ0v) is 66.9. The molecule has 0 amide bonds. The van der Waals surface area contributed by atoms with E-state index in [0.717, 1.165) is 156 Å². The molecule has 22 heteroatoms. The van der Waals surface area contributed by atoms with E-state index in [1.165, 1.54) is 0 Å². The highest BCUT2D eigenvalue weighted by Crippen LogP contribution is 2.22. The number of ether oxygens (including phenoxy) is 22. The normalized spacial score (nSPS) is 14.2. The molecule has 0 spiro atoms. The molecule has 0 aliphatic rings. The lowest BCUT2D eigenvalue weighted by atomic mass is 9.92. The molecule has 0 radical (unpaired) electrons. The highest BCUT2D eigenvalue weighted by Gasteiger charge is 2.32. The Labute approximate surface area is 614 Å². The maximum absolute atomic E-state index is 6.15. The predicted octanol–water partition coefficient (Wildman–Crippen LogP) is 14.5. The van der Waals surface area contributed by atoms with Crippen LogP contribution in [-0.4, -0.2) is 287 Å². The quantitative estimate of drug-likeness (QED) is 0.0519. The molecule has 100 heavy (non-hydrogen) atoms. The van der Waals surface area contributed by atoms with Gasteiger partial charge >= 0.3 is 0 Å². The van der Waals surface area contributed by atoms with Gasteiger partial charge in [0.05, 0.1) is 138 Å². The van der Waals surface area contributed by atoms with E-state index in [-0.39, 0.29) is 61.7 Å². The van der Waals surface area contributed by atoms with E-state index in [2.05, 4.69) is 111 Å². The standard InChI is InChI=1S/C42H86O13.C18H38O5.C17H36O4.CH4/c1-9-17-43-25-37(50-19-11-3)27-45-29-39(52-21-13-5)31-47-33-41(54-23-15-7)35-49-36-42(55-24-16-8)34-48-32-40(53-22-14-6)30-46-28-38(51-20-12-4)26-44-18-10-2;1-5-9-19-13-17(22-11-7-3)15-21-16-18(23-12-8-4)14-20-10-6-2;1-5-9-18-13-17(14-19-10-6-2,15-20-11-7-3)16-21-12-8-4;/h37-42H,9-36H2,1-8H3;17-18H,5-16H2,1-4H3;5-16H2,1-4H3;1H4. The zero-order valence-electron chi connectivity index (χ0n) is 66.9. The highest BCUT2D eigenvalue weighted by atomic mass is 16.6. The van der Waals surface area contributed by atoms with Crippen molar-refractivity contribution in [3.63, 3.8) is 0 Å². The fourth-order valence-electron chi connectivity index (χ4n) is 8.83. The van der Waals surface area contributed by atoms with E-state index in [9.17, 15) is 0 Å². The first kappa shape index (κ1) is 105. The Morgan fingerprint density at radius 2 is 0.260 bits per heavy atom. The summed E-state index contributed by atoms with van der Waals surface area (Å²) < 4.78 is 130. The molecule has 0 aliphatic carbocycles. The van der Waals surface area contributed by atoms with Gasteiger partial charge in [0, 0.05) is 106 Å². The second-order valence-electron chi connectivity index (χ2n) is 25.2. The Morgan fingerprint density at radius 1 is 0.150 bits per heavy atom. The summed E-state index contributed by atoms with van der Waals surface area (Å²) in [6, 6.07) is 0. The lowest BCUT2D eigenvalue weighted by Crippen LogP contribution is -2.42. The van der Waals surface area contributed by atoms with E-state index in [1.807, 2.05) is 0 Å². The summed E-state index contributed by atoms with van der Waals surface area (Å²) in [5.74, 6) is 0. The molecule has 8 atom stereocenters. The van der Waals surface area contributed by atoms with Crippen LogP contribution in [0.2, 0.25) is 0 Å². The van der Waals surface area contributed by atoms with Gasteiger partial charge in [0.25, 0.3) is 0 Å². The van der Waals surface area contributed by atoms with Gasteiger partial charge < -0.3 is 104 Å². The van der Waals surface area contributed by atoms with Gasteiger partial charge in [0.15, 0.2) is 0 Å². The van der Waals surface area contributed by atoms with Gasteiger partial charge in [-0.3, -0.25) is 0 Å². The first-order chi connectivity index (χ1) is 48.5. The molecule has 608 valence electrons. The Kier molecular flexibility index (Phi) is 91.8. The third-order valence-corrected chi connectivity index (χ3v) is 13.7. The first-order valence-electron chi connectivity index (χ1n) is 39.5. The van der Waals surface area contributed by atoms with Gasteiger partial charge in [-0.2, -0.15) is 0 Å². The maximum Gasteiger partial charge on any atom is 0.104 e. The van der Waals surface area contributed by atoms with E-state index >= 15 is 0 Å². The number of hydrogen-bond donors (Lipinski definition) is 0. The minimum Gasteiger partial charge on any atom is -0.381 e. The van der Waals surface area contributed by atoms with Crippen molar-refractivity contribution < 1.29 is 104 Å². The van der Waals surface area contributed by atoms with Crippen molar-refractivity contribution in [3.05, 3.63) is 0 Å². The summed E-state index contributed by atoms with van der Waals surface area (Å²) in [7, 11) is 0. The van der Waals surface area contributed by atoms with Crippen LogP contribution in [0.1, 0.15) is 221 Å². The topological polar surface area (TPSA) is 203 Å². The van der Waals surface area contributed by atoms with Crippen LogP contribution in [0.3, 0.4) is 0 Å². The van der Waals surface area contributed by atoms with Crippen molar-refractivity contribution >= 4 is 0 Å². The smallest absolute Gasteiger partial charge is 0.104 e. The van der Waals surface area contributed by atoms with Crippen molar-refractivity contribution in [2.45, 2.75) is 270 Å². The van der Waals surface area contributed by atoms with Crippen LogP contribution in [0.4, 0.5) is 0 Å². The molecule has 0 aromatic rings. The summed E-state index contributed by atoms with van der Waals surface area (Å²) in [4.78, 5) is 0.